The molecule has 0 unspecified atom stereocenters. The highest BCUT2D eigenvalue weighted by Crippen LogP contribution is 2.34. The molecule has 0 aliphatic carbocycles. The molecule has 3 aromatic rings. The lowest BCUT2D eigenvalue weighted by Crippen LogP contribution is -2.00. The van der Waals surface area contributed by atoms with E-state index in [0.29, 0.717) is 4.88 Å². The number of methoxy groups -OCH3 is 1. The van der Waals surface area contributed by atoms with Crippen LogP contribution in [0.2, 0.25) is 0 Å². The molecular weight excluding hydrogens is 268 g/mol. The maximum Gasteiger partial charge on any atom is 0.348 e. The minimum absolute atomic E-state index is 0.272. The molecule has 1 heterocycles. The van der Waals surface area contributed by atoms with Crippen molar-refractivity contribution < 1.29 is 9.53 Å². The lowest BCUT2D eigenvalue weighted by atomic mass is 9.99. The summed E-state index contributed by atoms with van der Waals surface area (Å²) in [6.07, 6.45) is 0. The van der Waals surface area contributed by atoms with Gasteiger partial charge in [0.05, 0.1) is 7.11 Å². The van der Waals surface area contributed by atoms with Crippen LogP contribution in [0.1, 0.15) is 15.2 Å². The summed E-state index contributed by atoms with van der Waals surface area (Å²) in [7, 11) is 1.42. The Morgan fingerprint density at radius 3 is 2.60 bits per heavy atom. The van der Waals surface area contributed by atoms with E-state index in [1.165, 1.54) is 29.2 Å². The number of carbonyl (C=O) groups excluding carboxylic acids is 1. The fraction of sp³-hybridized carbons (Fsp3) is 0.118. The van der Waals surface area contributed by atoms with Gasteiger partial charge in [-0.05, 0) is 40.3 Å². The summed E-state index contributed by atoms with van der Waals surface area (Å²) in [6.45, 7) is 2.02. The molecule has 0 amide bonds. The summed E-state index contributed by atoms with van der Waals surface area (Å²) < 4.78 is 4.87. The fourth-order valence-electron chi connectivity index (χ4n) is 2.39. The summed E-state index contributed by atoms with van der Waals surface area (Å²) in [5.74, 6) is -0.272. The predicted octanol–water partition coefficient (Wildman–Crippen LogP) is 4.66. The number of hydrogen-bond acceptors (Lipinski definition) is 3. The maximum absolute atomic E-state index is 11.9. The molecule has 2 aromatic carbocycles. The van der Waals surface area contributed by atoms with Crippen LogP contribution in [0.5, 0.6) is 0 Å². The first kappa shape index (κ1) is 12.9. The number of benzene rings is 2. The molecule has 100 valence electrons. The first-order valence-corrected chi connectivity index (χ1v) is 7.24. The SMILES string of the molecule is COC(=O)c1scc(C)c1-c1ccc2ccccc2c1. The summed E-state index contributed by atoms with van der Waals surface area (Å²) in [5.41, 5.74) is 3.14. The molecule has 0 N–H and O–H groups in total. The minimum Gasteiger partial charge on any atom is -0.465 e. The van der Waals surface area contributed by atoms with Crippen LogP contribution in [0.3, 0.4) is 0 Å². The molecule has 0 saturated carbocycles. The molecule has 2 nitrogen and oxygen atoms in total. The van der Waals surface area contributed by atoms with Crippen LogP contribution in [0.25, 0.3) is 21.9 Å². The third-order valence-electron chi connectivity index (χ3n) is 3.38. The zero-order valence-corrected chi connectivity index (χ0v) is 12.2. The second-order valence-corrected chi connectivity index (χ2v) is 5.56. The van der Waals surface area contributed by atoms with Gasteiger partial charge in [-0.15, -0.1) is 11.3 Å². The summed E-state index contributed by atoms with van der Waals surface area (Å²) in [5, 5.41) is 4.37. The molecule has 0 aliphatic heterocycles. The van der Waals surface area contributed by atoms with E-state index in [9.17, 15) is 4.79 Å². The molecule has 0 aliphatic rings. The molecule has 0 atom stereocenters. The van der Waals surface area contributed by atoms with Gasteiger partial charge in [0, 0.05) is 5.56 Å². The number of carbonyl (C=O) groups is 1. The average molecular weight is 282 g/mol. The lowest BCUT2D eigenvalue weighted by Gasteiger charge is -2.06. The first-order chi connectivity index (χ1) is 9.70. The second-order valence-electron chi connectivity index (χ2n) is 4.68. The Morgan fingerprint density at radius 2 is 1.85 bits per heavy atom. The molecule has 0 saturated heterocycles. The number of esters is 1. The quantitative estimate of drug-likeness (QED) is 0.639. The van der Waals surface area contributed by atoms with Gasteiger partial charge in [-0.3, -0.25) is 0 Å². The lowest BCUT2D eigenvalue weighted by molar-refractivity contribution is 0.0607. The molecule has 3 heteroatoms. The fourth-order valence-corrected chi connectivity index (χ4v) is 3.38. The van der Waals surface area contributed by atoms with Crippen molar-refractivity contribution in [2.24, 2.45) is 0 Å². The number of aryl methyl sites for hydroxylation is 1. The highest BCUT2D eigenvalue weighted by Gasteiger charge is 2.18. The normalized spacial score (nSPS) is 10.7. The van der Waals surface area contributed by atoms with Gasteiger partial charge in [0.15, 0.2) is 0 Å². The molecule has 3 rings (SSSR count). The standard InChI is InChI=1S/C17H14O2S/c1-11-10-20-16(17(18)19-2)15(11)14-8-7-12-5-3-4-6-13(12)9-14/h3-10H,1-2H3. The number of ether oxygens (including phenoxy) is 1. The van der Waals surface area contributed by atoms with Crippen molar-refractivity contribution in [3.05, 3.63) is 58.3 Å². The maximum atomic E-state index is 11.9. The Labute approximate surface area is 121 Å². The van der Waals surface area contributed by atoms with Crippen LogP contribution in [-0.4, -0.2) is 13.1 Å². The number of hydrogen-bond donors (Lipinski definition) is 0. The van der Waals surface area contributed by atoms with Crippen LogP contribution in [-0.2, 0) is 4.74 Å². The van der Waals surface area contributed by atoms with Crippen molar-refractivity contribution in [3.8, 4) is 11.1 Å². The van der Waals surface area contributed by atoms with Gasteiger partial charge < -0.3 is 4.74 Å². The van der Waals surface area contributed by atoms with Crippen LogP contribution in [0.4, 0.5) is 0 Å². The van der Waals surface area contributed by atoms with E-state index in [1.54, 1.807) is 0 Å². The van der Waals surface area contributed by atoms with Gasteiger partial charge in [0.2, 0.25) is 0 Å². The molecule has 0 radical (unpaired) electrons. The van der Waals surface area contributed by atoms with E-state index in [1.807, 2.05) is 24.4 Å². The Kier molecular flexibility index (Phi) is 3.28. The van der Waals surface area contributed by atoms with E-state index in [2.05, 4.69) is 30.3 Å². The van der Waals surface area contributed by atoms with E-state index in [0.717, 1.165) is 16.7 Å². The minimum atomic E-state index is -0.272. The summed E-state index contributed by atoms with van der Waals surface area (Å²) >= 11 is 1.43. The number of fused-ring (bicyclic) bond motifs is 1. The Bertz CT molecular complexity index is 787. The highest BCUT2D eigenvalue weighted by molar-refractivity contribution is 7.12. The zero-order chi connectivity index (χ0) is 14.1. The third kappa shape index (κ3) is 2.10. The van der Waals surface area contributed by atoms with E-state index >= 15 is 0 Å². The van der Waals surface area contributed by atoms with Crippen molar-refractivity contribution in [1.29, 1.82) is 0 Å². The summed E-state index contributed by atoms with van der Waals surface area (Å²) in [6, 6.07) is 14.5. The number of rotatable bonds is 2. The van der Waals surface area contributed by atoms with Gasteiger partial charge in [0.25, 0.3) is 0 Å². The smallest absolute Gasteiger partial charge is 0.348 e. The third-order valence-corrected chi connectivity index (χ3v) is 4.46. The summed E-state index contributed by atoms with van der Waals surface area (Å²) in [4.78, 5) is 12.5. The molecule has 0 spiro atoms. The van der Waals surface area contributed by atoms with Crippen LogP contribution in [0, 0.1) is 6.92 Å². The monoisotopic (exact) mass is 282 g/mol. The van der Waals surface area contributed by atoms with Gasteiger partial charge in [-0.25, -0.2) is 4.79 Å². The predicted molar refractivity (Wildman–Crippen MR) is 83.3 cm³/mol. The molecule has 1 aromatic heterocycles. The van der Waals surface area contributed by atoms with Gasteiger partial charge in [0.1, 0.15) is 4.88 Å². The zero-order valence-electron chi connectivity index (χ0n) is 11.3. The Hall–Kier alpha value is -2.13. The highest BCUT2D eigenvalue weighted by atomic mass is 32.1. The molecule has 0 fully saturated rings. The van der Waals surface area contributed by atoms with Crippen molar-refractivity contribution >= 4 is 28.1 Å². The molecule has 20 heavy (non-hydrogen) atoms. The number of thiophene rings is 1. The van der Waals surface area contributed by atoms with Gasteiger partial charge >= 0.3 is 5.97 Å². The Morgan fingerprint density at radius 1 is 1.10 bits per heavy atom. The Balaban J connectivity index is 2.20. The van der Waals surface area contributed by atoms with Crippen molar-refractivity contribution in [2.75, 3.05) is 7.11 Å². The second kappa shape index (κ2) is 5.10. The van der Waals surface area contributed by atoms with Crippen molar-refractivity contribution in [1.82, 2.24) is 0 Å². The first-order valence-electron chi connectivity index (χ1n) is 6.36. The van der Waals surface area contributed by atoms with E-state index in [-0.39, 0.29) is 5.97 Å². The van der Waals surface area contributed by atoms with E-state index in [4.69, 9.17) is 4.74 Å². The van der Waals surface area contributed by atoms with Crippen LogP contribution >= 0.6 is 11.3 Å². The molecule has 0 bridgehead atoms. The van der Waals surface area contributed by atoms with Crippen LogP contribution in [0.15, 0.2) is 47.8 Å². The average Bonchev–Trinajstić information content (AvgIpc) is 2.87. The molecular formula is C17H14O2S. The van der Waals surface area contributed by atoms with Crippen LogP contribution < -0.4 is 0 Å². The van der Waals surface area contributed by atoms with E-state index < -0.39 is 0 Å². The van der Waals surface area contributed by atoms with Crippen molar-refractivity contribution in [3.63, 3.8) is 0 Å². The van der Waals surface area contributed by atoms with Gasteiger partial charge in [-0.2, -0.15) is 0 Å². The van der Waals surface area contributed by atoms with Gasteiger partial charge in [-0.1, -0.05) is 36.4 Å². The van der Waals surface area contributed by atoms with Crippen molar-refractivity contribution in [2.45, 2.75) is 6.92 Å². The topological polar surface area (TPSA) is 26.3 Å². The largest absolute Gasteiger partial charge is 0.465 e.